The van der Waals surface area contributed by atoms with Gasteiger partial charge in [-0.15, -0.1) is 11.3 Å². The average Bonchev–Trinajstić information content (AvgIpc) is 2.86. The topological polar surface area (TPSA) is 98.7 Å². The molecule has 0 saturated heterocycles. The first kappa shape index (κ1) is 14.5. The van der Waals surface area contributed by atoms with E-state index in [1.165, 1.54) is 11.3 Å². The van der Waals surface area contributed by atoms with Crippen LogP contribution in [0.2, 0.25) is 0 Å². The Morgan fingerprint density at radius 1 is 1.44 bits per heavy atom. The van der Waals surface area contributed by atoms with Crippen molar-refractivity contribution in [3.63, 3.8) is 0 Å². The molecule has 18 heavy (non-hydrogen) atoms. The van der Waals surface area contributed by atoms with Gasteiger partial charge in [-0.3, -0.25) is 0 Å². The van der Waals surface area contributed by atoms with E-state index in [0.717, 1.165) is 4.88 Å². The Bertz CT molecular complexity index is 394. The third-order valence-corrected chi connectivity index (χ3v) is 3.37. The molecule has 0 aromatic carbocycles. The minimum absolute atomic E-state index is 0.155. The van der Waals surface area contributed by atoms with Crippen molar-refractivity contribution in [1.82, 2.24) is 10.6 Å². The van der Waals surface area contributed by atoms with E-state index in [4.69, 9.17) is 10.2 Å². The van der Waals surface area contributed by atoms with E-state index in [1.807, 2.05) is 24.4 Å². The van der Waals surface area contributed by atoms with Gasteiger partial charge in [0.05, 0.1) is 12.6 Å². The average molecular weight is 272 g/mol. The third-order valence-electron chi connectivity index (χ3n) is 2.39. The number of carboxylic acid groups (broad SMARTS) is 1. The number of hydrogen-bond acceptors (Lipinski definition) is 4. The van der Waals surface area contributed by atoms with Crippen LogP contribution < -0.4 is 10.6 Å². The summed E-state index contributed by atoms with van der Waals surface area (Å²) in [5.74, 6) is -1.27. The van der Waals surface area contributed by atoms with Gasteiger partial charge in [0.25, 0.3) is 0 Å². The summed E-state index contributed by atoms with van der Waals surface area (Å²) < 4.78 is 0. The van der Waals surface area contributed by atoms with Crippen LogP contribution in [0, 0.1) is 0 Å². The molecular weight excluding hydrogens is 256 g/mol. The van der Waals surface area contributed by atoms with Crippen molar-refractivity contribution in [3.05, 3.63) is 22.4 Å². The number of aliphatic carboxylic acids is 1. The molecule has 2 atom stereocenters. The molecule has 0 saturated carbocycles. The van der Waals surface area contributed by atoms with E-state index in [1.54, 1.807) is 0 Å². The molecule has 1 aromatic rings. The summed E-state index contributed by atoms with van der Waals surface area (Å²) in [4.78, 5) is 23.2. The highest BCUT2D eigenvalue weighted by Gasteiger charge is 2.20. The lowest BCUT2D eigenvalue weighted by molar-refractivity contribution is -0.140. The summed E-state index contributed by atoms with van der Waals surface area (Å²) in [6.07, 6.45) is 0.699. The van der Waals surface area contributed by atoms with E-state index < -0.39 is 24.6 Å². The molecule has 6 nitrogen and oxygen atoms in total. The molecule has 0 radical (unpaired) electrons. The monoisotopic (exact) mass is 272 g/mol. The van der Waals surface area contributed by atoms with Crippen molar-refractivity contribution in [1.29, 1.82) is 0 Å². The molecule has 4 N–H and O–H groups in total. The van der Waals surface area contributed by atoms with Crippen LogP contribution in [0.25, 0.3) is 0 Å². The molecule has 7 heteroatoms. The number of carbonyl (C=O) groups is 2. The number of aliphatic hydroxyl groups excluding tert-OH is 1. The molecule has 1 rings (SSSR count). The van der Waals surface area contributed by atoms with Gasteiger partial charge < -0.3 is 20.8 Å². The second-order valence-electron chi connectivity index (χ2n) is 3.67. The molecule has 2 unspecified atom stereocenters. The van der Waals surface area contributed by atoms with Crippen molar-refractivity contribution >= 4 is 23.3 Å². The highest BCUT2D eigenvalue weighted by molar-refractivity contribution is 7.10. The molecule has 0 aliphatic carbocycles. The van der Waals surface area contributed by atoms with E-state index >= 15 is 0 Å². The Kier molecular flexibility index (Phi) is 5.60. The molecule has 0 spiro atoms. The predicted molar refractivity (Wildman–Crippen MR) is 67.5 cm³/mol. The summed E-state index contributed by atoms with van der Waals surface area (Å²) in [6, 6.07) is 1.75. The van der Waals surface area contributed by atoms with E-state index in [9.17, 15) is 9.59 Å². The number of carbonyl (C=O) groups excluding carboxylic acids is 1. The fraction of sp³-hybridized carbons (Fsp3) is 0.455. The Labute approximate surface area is 109 Å². The summed E-state index contributed by atoms with van der Waals surface area (Å²) >= 11 is 1.52. The Hall–Kier alpha value is -1.60. The zero-order valence-corrected chi connectivity index (χ0v) is 10.7. The highest BCUT2D eigenvalue weighted by Crippen LogP contribution is 2.21. The summed E-state index contributed by atoms with van der Waals surface area (Å²) in [7, 11) is 0. The van der Waals surface area contributed by atoms with Gasteiger partial charge in [0.15, 0.2) is 6.04 Å². The number of nitrogens with one attached hydrogen (secondary N) is 2. The van der Waals surface area contributed by atoms with E-state index in [0.29, 0.717) is 6.42 Å². The molecule has 0 fully saturated rings. The van der Waals surface area contributed by atoms with Gasteiger partial charge in [-0.1, -0.05) is 13.0 Å². The zero-order valence-electron chi connectivity index (χ0n) is 9.92. The summed E-state index contributed by atoms with van der Waals surface area (Å²) in [5.41, 5.74) is 0. The van der Waals surface area contributed by atoms with Gasteiger partial charge in [0, 0.05) is 4.88 Å². The Morgan fingerprint density at radius 2 is 2.17 bits per heavy atom. The van der Waals surface area contributed by atoms with E-state index in [2.05, 4.69) is 10.6 Å². The lowest BCUT2D eigenvalue weighted by Crippen LogP contribution is -2.48. The van der Waals surface area contributed by atoms with Crippen molar-refractivity contribution < 1.29 is 19.8 Å². The van der Waals surface area contributed by atoms with Gasteiger partial charge in [-0.05, 0) is 17.9 Å². The molecule has 2 amide bonds. The Morgan fingerprint density at radius 3 is 2.61 bits per heavy atom. The number of rotatable bonds is 6. The van der Waals surface area contributed by atoms with Gasteiger partial charge >= 0.3 is 12.0 Å². The van der Waals surface area contributed by atoms with Crippen LogP contribution in [0.3, 0.4) is 0 Å². The molecule has 0 aliphatic rings. The number of hydrogen-bond donors (Lipinski definition) is 4. The van der Waals surface area contributed by atoms with E-state index in [-0.39, 0.29) is 6.04 Å². The number of urea groups is 1. The van der Waals surface area contributed by atoms with Crippen molar-refractivity contribution in [2.45, 2.75) is 25.4 Å². The molecule has 0 bridgehead atoms. The lowest BCUT2D eigenvalue weighted by Gasteiger charge is -2.18. The number of carboxylic acids is 1. The second-order valence-corrected chi connectivity index (χ2v) is 4.65. The first-order valence-electron chi connectivity index (χ1n) is 5.52. The van der Waals surface area contributed by atoms with Crippen LogP contribution in [0.15, 0.2) is 17.5 Å². The fourth-order valence-corrected chi connectivity index (χ4v) is 2.27. The van der Waals surface area contributed by atoms with Crippen LogP contribution in [0.4, 0.5) is 4.79 Å². The maximum absolute atomic E-state index is 11.6. The van der Waals surface area contributed by atoms with Crippen LogP contribution in [-0.4, -0.2) is 34.9 Å². The first-order valence-corrected chi connectivity index (χ1v) is 6.40. The SMILES string of the molecule is CCC(NC(=O)NC(CO)C(=O)O)c1cccs1. The van der Waals surface area contributed by atoms with Crippen LogP contribution >= 0.6 is 11.3 Å². The summed E-state index contributed by atoms with van der Waals surface area (Å²) in [6.45, 7) is 1.28. The Balaban J connectivity index is 2.55. The van der Waals surface area contributed by atoms with Gasteiger partial charge in [-0.2, -0.15) is 0 Å². The zero-order chi connectivity index (χ0) is 13.5. The molecule has 1 heterocycles. The third kappa shape index (κ3) is 4.01. The number of amides is 2. The molecule has 0 aliphatic heterocycles. The number of aliphatic hydroxyl groups is 1. The fourth-order valence-electron chi connectivity index (χ4n) is 1.41. The number of thiophene rings is 1. The van der Waals surface area contributed by atoms with Gasteiger partial charge in [0.1, 0.15) is 0 Å². The van der Waals surface area contributed by atoms with Gasteiger partial charge in [0.2, 0.25) is 0 Å². The quantitative estimate of drug-likeness (QED) is 0.619. The van der Waals surface area contributed by atoms with Gasteiger partial charge in [-0.25, -0.2) is 9.59 Å². The molecular formula is C11H16N2O4S. The standard InChI is InChI=1S/C11H16N2O4S/c1-2-7(9-4-3-5-18-9)12-11(17)13-8(6-14)10(15)16/h3-5,7-8,14H,2,6H2,1H3,(H,15,16)(H2,12,13,17). The summed E-state index contributed by atoms with van der Waals surface area (Å²) in [5, 5.41) is 24.3. The first-order chi connectivity index (χ1) is 8.58. The van der Waals surface area contributed by atoms with Crippen molar-refractivity contribution in [2.24, 2.45) is 0 Å². The second kappa shape index (κ2) is 6.97. The predicted octanol–water partition coefficient (Wildman–Crippen LogP) is 0.944. The normalized spacial score (nSPS) is 13.7. The van der Waals surface area contributed by atoms with Crippen molar-refractivity contribution in [2.75, 3.05) is 6.61 Å². The van der Waals surface area contributed by atoms with Crippen LogP contribution in [0.5, 0.6) is 0 Å². The molecule has 1 aromatic heterocycles. The largest absolute Gasteiger partial charge is 0.480 e. The van der Waals surface area contributed by atoms with Crippen molar-refractivity contribution in [3.8, 4) is 0 Å². The van der Waals surface area contributed by atoms with Crippen LogP contribution in [0.1, 0.15) is 24.3 Å². The maximum Gasteiger partial charge on any atom is 0.328 e. The van der Waals surface area contributed by atoms with Crippen LogP contribution in [-0.2, 0) is 4.79 Å². The minimum atomic E-state index is -1.29. The maximum atomic E-state index is 11.6. The molecule has 100 valence electrons. The smallest absolute Gasteiger partial charge is 0.328 e. The lowest BCUT2D eigenvalue weighted by atomic mass is 10.2. The highest BCUT2D eigenvalue weighted by atomic mass is 32.1. The minimum Gasteiger partial charge on any atom is -0.480 e.